The van der Waals surface area contributed by atoms with E-state index < -0.39 is 15.1 Å². The summed E-state index contributed by atoms with van der Waals surface area (Å²) in [5.41, 5.74) is 0. The van der Waals surface area contributed by atoms with Crippen molar-refractivity contribution in [3.05, 3.63) is 0 Å². The average molecular weight is 134 g/mol. The molecular weight excluding hydrogens is 128 g/mol. The maximum absolute atomic E-state index is 10.1. The van der Waals surface area contributed by atoms with Gasteiger partial charge in [-0.1, -0.05) is 0 Å². The molecule has 0 fully saturated rings. The third-order valence-corrected chi connectivity index (χ3v) is 1.18. The zero-order valence-corrected chi connectivity index (χ0v) is 5.63. The van der Waals surface area contributed by atoms with Crippen molar-refractivity contribution < 1.29 is 18.1 Å². The lowest BCUT2D eigenvalue weighted by atomic mass is 10.9. The average Bonchev–Trinajstić information content (AvgIpc) is 1.65. The van der Waals surface area contributed by atoms with Gasteiger partial charge < -0.3 is 8.85 Å². The van der Waals surface area contributed by atoms with Gasteiger partial charge in [-0.2, -0.15) is 0 Å². The van der Waals surface area contributed by atoms with Crippen LogP contribution in [-0.2, 0) is 18.1 Å². The van der Waals surface area contributed by atoms with E-state index in [2.05, 4.69) is 8.85 Å². The summed E-state index contributed by atoms with van der Waals surface area (Å²) in [5, 5.41) is 0. The second kappa shape index (κ2) is 3.31. The molecule has 46 valence electrons. The molecule has 8 heavy (non-hydrogen) atoms. The van der Waals surface area contributed by atoms with Crippen LogP contribution in [0, 0.1) is 0 Å². The van der Waals surface area contributed by atoms with Crippen LogP contribution in [-0.4, -0.2) is 22.2 Å². The maximum atomic E-state index is 10.1. The molecule has 0 aliphatic heterocycles. The van der Waals surface area contributed by atoms with Crippen LogP contribution < -0.4 is 0 Å². The van der Waals surface area contributed by atoms with Crippen molar-refractivity contribution in [3.63, 3.8) is 0 Å². The molecule has 0 saturated heterocycles. The Hall–Kier alpha value is -0.713. The van der Waals surface area contributed by atoms with Crippen LogP contribution in [0.15, 0.2) is 0 Å². The molecule has 0 unspecified atom stereocenters. The highest BCUT2D eigenvalue weighted by Gasteiger charge is 2.09. The van der Waals surface area contributed by atoms with Crippen LogP contribution in [0.1, 0.15) is 6.92 Å². The minimum atomic E-state index is -2.53. The van der Waals surface area contributed by atoms with E-state index in [4.69, 9.17) is 0 Å². The molecule has 0 aromatic carbocycles. The lowest BCUT2D eigenvalue weighted by molar-refractivity contribution is -0.133. The van der Waals surface area contributed by atoms with E-state index in [1.165, 1.54) is 14.0 Å². The first kappa shape index (κ1) is 7.29. The Balaban J connectivity index is 3.40. The van der Waals surface area contributed by atoms with Gasteiger partial charge in [0.1, 0.15) is 0 Å². The van der Waals surface area contributed by atoms with Crippen LogP contribution >= 0.6 is 0 Å². The van der Waals surface area contributed by atoms with Crippen molar-refractivity contribution in [2.24, 2.45) is 0 Å². The van der Waals surface area contributed by atoms with E-state index in [0.29, 0.717) is 0 Å². The van der Waals surface area contributed by atoms with Crippen LogP contribution in [0.5, 0.6) is 0 Å². The first-order chi connectivity index (χ1) is 3.66. The highest BCUT2D eigenvalue weighted by molar-refractivity contribution is 6.29. The Morgan fingerprint density at radius 3 is 2.25 bits per heavy atom. The van der Waals surface area contributed by atoms with Gasteiger partial charge >= 0.3 is 9.17 Å². The SMILES string of the molecule is CO[Si](=O)OC(C)=O. The zero-order valence-electron chi connectivity index (χ0n) is 4.63. The van der Waals surface area contributed by atoms with E-state index in [1.54, 1.807) is 0 Å². The van der Waals surface area contributed by atoms with E-state index in [0.717, 1.165) is 0 Å². The van der Waals surface area contributed by atoms with Gasteiger partial charge in [0.25, 0.3) is 5.97 Å². The van der Waals surface area contributed by atoms with Crippen molar-refractivity contribution in [2.75, 3.05) is 7.11 Å². The summed E-state index contributed by atoms with van der Waals surface area (Å²) in [6.45, 7) is 1.17. The second-order valence-electron chi connectivity index (χ2n) is 1.05. The fraction of sp³-hybridized carbons (Fsp3) is 0.667. The second-order valence-corrected chi connectivity index (χ2v) is 2.16. The highest BCUT2D eigenvalue weighted by atomic mass is 28.3. The molecule has 5 heteroatoms. The molecule has 0 radical (unpaired) electrons. The topological polar surface area (TPSA) is 52.6 Å². The van der Waals surface area contributed by atoms with Crippen molar-refractivity contribution in [2.45, 2.75) is 6.92 Å². The van der Waals surface area contributed by atoms with Crippen LogP contribution in [0.2, 0.25) is 0 Å². The minimum Gasteiger partial charge on any atom is -0.499 e. The molecular formula is C3H6O4Si. The summed E-state index contributed by atoms with van der Waals surface area (Å²) in [6, 6.07) is 0. The van der Waals surface area contributed by atoms with E-state index in [1.807, 2.05) is 0 Å². The molecule has 0 N–H and O–H groups in total. The molecule has 0 atom stereocenters. The monoisotopic (exact) mass is 134 g/mol. The zero-order chi connectivity index (χ0) is 6.57. The van der Waals surface area contributed by atoms with E-state index in [9.17, 15) is 9.26 Å². The fourth-order valence-corrected chi connectivity index (χ4v) is 0.477. The van der Waals surface area contributed by atoms with Crippen LogP contribution in [0.4, 0.5) is 0 Å². The van der Waals surface area contributed by atoms with Crippen molar-refractivity contribution >= 4 is 15.1 Å². The lowest BCUT2D eigenvalue weighted by Crippen LogP contribution is -2.12. The first-order valence-corrected chi connectivity index (χ1v) is 3.15. The summed E-state index contributed by atoms with van der Waals surface area (Å²) >= 11 is 0. The summed E-state index contributed by atoms with van der Waals surface area (Å²) in [6.07, 6.45) is 0. The molecule has 0 aliphatic carbocycles. The van der Waals surface area contributed by atoms with Crippen molar-refractivity contribution in [1.29, 1.82) is 0 Å². The Morgan fingerprint density at radius 2 is 2.12 bits per heavy atom. The Morgan fingerprint density at radius 1 is 1.62 bits per heavy atom. The minimum absolute atomic E-state index is 0.587. The molecule has 0 bridgehead atoms. The number of carbonyl (C=O) groups is 1. The van der Waals surface area contributed by atoms with E-state index in [-0.39, 0.29) is 0 Å². The molecule has 4 nitrogen and oxygen atoms in total. The van der Waals surface area contributed by atoms with Crippen molar-refractivity contribution in [1.82, 2.24) is 0 Å². The van der Waals surface area contributed by atoms with Crippen LogP contribution in [0.25, 0.3) is 0 Å². The van der Waals surface area contributed by atoms with Gasteiger partial charge in [-0.3, -0.25) is 9.26 Å². The van der Waals surface area contributed by atoms with Crippen molar-refractivity contribution in [3.8, 4) is 0 Å². The number of hydrogen-bond acceptors (Lipinski definition) is 4. The summed E-state index contributed by atoms with van der Waals surface area (Å²) in [5.74, 6) is -0.587. The molecule has 0 heterocycles. The standard InChI is InChI=1S/C3H6O4Si/c1-3(4)7-8(5)6-2/h1-2H3. The predicted molar refractivity (Wildman–Crippen MR) is 25.2 cm³/mol. The molecule has 0 aromatic rings. The summed E-state index contributed by atoms with van der Waals surface area (Å²) < 4.78 is 18.4. The first-order valence-electron chi connectivity index (χ1n) is 1.93. The maximum Gasteiger partial charge on any atom is 0.774 e. The summed E-state index contributed by atoms with van der Waals surface area (Å²) in [7, 11) is -1.32. The molecule has 0 aromatic heterocycles. The molecule has 0 saturated carbocycles. The molecule has 0 spiro atoms. The Kier molecular flexibility index (Phi) is 3.01. The quantitative estimate of drug-likeness (QED) is 0.483. The van der Waals surface area contributed by atoms with Gasteiger partial charge in [-0.25, -0.2) is 0 Å². The molecule has 0 aliphatic rings. The smallest absolute Gasteiger partial charge is 0.499 e. The van der Waals surface area contributed by atoms with Gasteiger partial charge in [0, 0.05) is 6.92 Å². The predicted octanol–water partition coefficient (Wildman–Crippen LogP) is -0.389. The van der Waals surface area contributed by atoms with Gasteiger partial charge in [0.15, 0.2) is 0 Å². The largest absolute Gasteiger partial charge is 0.774 e. The third-order valence-electron chi connectivity index (χ3n) is 0.394. The van der Waals surface area contributed by atoms with Gasteiger partial charge in [0.05, 0.1) is 7.11 Å². The number of rotatable bonds is 2. The number of carbonyl (C=O) groups excluding carboxylic acids is 1. The van der Waals surface area contributed by atoms with Gasteiger partial charge in [0.2, 0.25) is 0 Å². The fourth-order valence-electron chi connectivity index (χ4n) is 0.159. The molecule has 0 amide bonds. The highest BCUT2D eigenvalue weighted by Crippen LogP contribution is 1.75. The number of hydrogen-bond donors (Lipinski definition) is 0. The van der Waals surface area contributed by atoms with Crippen LogP contribution in [0.3, 0.4) is 0 Å². The Bertz CT molecular complexity index is 110. The Labute approximate surface area is 48.3 Å². The van der Waals surface area contributed by atoms with Gasteiger partial charge in [-0.05, 0) is 0 Å². The third kappa shape index (κ3) is 3.48. The van der Waals surface area contributed by atoms with E-state index >= 15 is 0 Å². The lowest BCUT2D eigenvalue weighted by Gasteiger charge is -1.92. The summed E-state index contributed by atoms with van der Waals surface area (Å²) in [4.78, 5) is 9.94. The molecule has 0 rings (SSSR count). The van der Waals surface area contributed by atoms with Gasteiger partial charge in [-0.15, -0.1) is 0 Å². The normalized spacial score (nSPS) is 7.75.